The van der Waals surface area contributed by atoms with Crippen molar-refractivity contribution in [3.8, 4) is 5.75 Å². The first-order valence-electron chi connectivity index (χ1n) is 5.72. The summed E-state index contributed by atoms with van der Waals surface area (Å²) in [7, 11) is 0. The smallest absolute Gasteiger partial charge is 0.348 e. The average molecular weight is 332 g/mol. The van der Waals surface area contributed by atoms with E-state index in [4.69, 9.17) is 33.0 Å². The number of carbonyl (C=O) groups is 1. The van der Waals surface area contributed by atoms with Gasteiger partial charge in [0.2, 0.25) is 0 Å². The Morgan fingerprint density at radius 3 is 2.60 bits per heavy atom. The summed E-state index contributed by atoms with van der Waals surface area (Å²) in [5.74, 6) is -0.433. The molecule has 0 atom stereocenters. The van der Waals surface area contributed by atoms with E-state index >= 15 is 0 Å². The number of hydrogen-bond acceptors (Lipinski definition) is 4. The van der Waals surface area contributed by atoms with Crippen LogP contribution < -0.4 is 10.1 Å². The lowest BCUT2D eigenvalue weighted by Gasteiger charge is -2.12. The molecule has 0 spiro atoms. The van der Waals surface area contributed by atoms with Crippen LogP contribution in [0.3, 0.4) is 0 Å². The molecule has 20 heavy (non-hydrogen) atoms. The minimum atomic E-state index is -0.999. The largest absolute Gasteiger partial charge is 0.494 e. The van der Waals surface area contributed by atoms with Gasteiger partial charge < -0.3 is 15.2 Å². The van der Waals surface area contributed by atoms with Gasteiger partial charge in [-0.25, -0.2) is 4.79 Å². The zero-order valence-electron chi connectivity index (χ0n) is 10.4. The third-order valence-corrected chi connectivity index (χ3v) is 3.94. The first kappa shape index (κ1) is 15.0. The summed E-state index contributed by atoms with van der Waals surface area (Å²) in [5, 5.41) is 14.4. The van der Waals surface area contributed by atoms with E-state index in [2.05, 4.69) is 5.32 Å². The third-order valence-electron chi connectivity index (χ3n) is 2.45. The van der Waals surface area contributed by atoms with Gasteiger partial charge in [-0.15, -0.1) is 11.3 Å². The molecular weight excluding hydrogens is 321 g/mol. The van der Waals surface area contributed by atoms with E-state index in [9.17, 15) is 4.79 Å². The van der Waals surface area contributed by atoms with Crippen molar-refractivity contribution >= 4 is 51.9 Å². The number of halogens is 2. The van der Waals surface area contributed by atoms with Crippen LogP contribution in [0.15, 0.2) is 23.6 Å². The topological polar surface area (TPSA) is 58.6 Å². The van der Waals surface area contributed by atoms with Gasteiger partial charge in [0, 0.05) is 12.1 Å². The van der Waals surface area contributed by atoms with Crippen molar-refractivity contribution in [2.24, 2.45) is 0 Å². The van der Waals surface area contributed by atoms with Gasteiger partial charge in [-0.1, -0.05) is 23.2 Å². The first-order valence-corrected chi connectivity index (χ1v) is 7.36. The Labute approximate surface area is 129 Å². The Hall–Kier alpha value is -1.43. The SMILES string of the molecule is CCOc1cc(Cl)c(Nc2ccsc2C(=O)O)c(Cl)c1. The average Bonchev–Trinajstić information content (AvgIpc) is 2.82. The van der Waals surface area contributed by atoms with Crippen LogP contribution in [-0.4, -0.2) is 17.7 Å². The fourth-order valence-corrected chi connectivity index (χ4v) is 2.88. The highest BCUT2D eigenvalue weighted by Crippen LogP contribution is 2.38. The number of thiophene rings is 1. The monoisotopic (exact) mass is 331 g/mol. The van der Waals surface area contributed by atoms with Crippen LogP contribution in [0.2, 0.25) is 10.0 Å². The predicted octanol–water partition coefficient (Wildman–Crippen LogP) is 4.90. The number of ether oxygens (including phenoxy) is 1. The van der Waals surface area contributed by atoms with Crippen LogP contribution >= 0.6 is 34.5 Å². The molecule has 0 radical (unpaired) electrons. The van der Waals surface area contributed by atoms with E-state index in [0.29, 0.717) is 33.8 Å². The first-order chi connectivity index (χ1) is 9.52. The normalized spacial score (nSPS) is 10.3. The maximum atomic E-state index is 11.1. The van der Waals surface area contributed by atoms with Crippen molar-refractivity contribution < 1.29 is 14.6 Å². The number of hydrogen-bond donors (Lipinski definition) is 2. The van der Waals surface area contributed by atoms with Gasteiger partial charge in [0.25, 0.3) is 0 Å². The van der Waals surface area contributed by atoms with Crippen LogP contribution in [0, 0.1) is 0 Å². The Morgan fingerprint density at radius 1 is 1.40 bits per heavy atom. The summed E-state index contributed by atoms with van der Waals surface area (Å²) < 4.78 is 5.33. The number of benzene rings is 1. The van der Waals surface area contributed by atoms with Gasteiger partial charge in [-0.2, -0.15) is 0 Å². The molecule has 2 N–H and O–H groups in total. The van der Waals surface area contributed by atoms with Gasteiger partial charge in [0.15, 0.2) is 0 Å². The maximum Gasteiger partial charge on any atom is 0.348 e. The van der Waals surface area contributed by atoms with Gasteiger partial charge in [0.1, 0.15) is 10.6 Å². The Morgan fingerprint density at radius 2 is 2.05 bits per heavy atom. The molecule has 106 valence electrons. The second-order valence-electron chi connectivity index (χ2n) is 3.79. The van der Waals surface area contributed by atoms with Crippen molar-refractivity contribution in [1.82, 2.24) is 0 Å². The molecule has 1 heterocycles. The molecule has 0 saturated carbocycles. The van der Waals surface area contributed by atoms with Crippen LogP contribution in [0.5, 0.6) is 5.75 Å². The van der Waals surface area contributed by atoms with Gasteiger partial charge in [-0.05, 0) is 18.4 Å². The lowest BCUT2D eigenvalue weighted by Crippen LogP contribution is -2.00. The fourth-order valence-electron chi connectivity index (χ4n) is 1.63. The Balaban J connectivity index is 2.34. The second kappa shape index (κ2) is 6.35. The summed E-state index contributed by atoms with van der Waals surface area (Å²) in [6.07, 6.45) is 0. The van der Waals surface area contributed by atoms with Crippen LogP contribution in [0.25, 0.3) is 0 Å². The van der Waals surface area contributed by atoms with E-state index in [-0.39, 0.29) is 4.88 Å². The van der Waals surface area contributed by atoms with Crippen molar-refractivity contribution in [3.05, 3.63) is 38.5 Å². The molecule has 1 aromatic heterocycles. The molecule has 0 aliphatic rings. The van der Waals surface area contributed by atoms with Gasteiger partial charge >= 0.3 is 5.97 Å². The highest BCUT2D eigenvalue weighted by atomic mass is 35.5. The van der Waals surface area contributed by atoms with Gasteiger partial charge in [-0.3, -0.25) is 0 Å². The quantitative estimate of drug-likeness (QED) is 0.818. The standard InChI is InChI=1S/C13H11Cl2NO3S/c1-2-19-7-5-8(14)11(9(15)6-7)16-10-3-4-20-12(10)13(17)18/h3-6,16H,2H2,1H3,(H,17,18). The van der Waals surface area contributed by atoms with E-state index < -0.39 is 5.97 Å². The molecule has 1 aromatic carbocycles. The van der Waals surface area contributed by atoms with Crippen molar-refractivity contribution in [3.63, 3.8) is 0 Å². The van der Waals surface area contributed by atoms with Gasteiger partial charge in [0.05, 0.1) is 28.0 Å². The van der Waals surface area contributed by atoms with E-state index in [1.165, 1.54) is 0 Å². The van der Waals surface area contributed by atoms with E-state index in [1.807, 2.05) is 6.92 Å². The Bertz CT molecular complexity index is 619. The second-order valence-corrected chi connectivity index (χ2v) is 5.52. The highest BCUT2D eigenvalue weighted by molar-refractivity contribution is 7.12. The molecule has 0 saturated heterocycles. The number of rotatable bonds is 5. The van der Waals surface area contributed by atoms with Crippen LogP contribution in [0.4, 0.5) is 11.4 Å². The predicted molar refractivity (Wildman–Crippen MR) is 82.2 cm³/mol. The van der Waals surface area contributed by atoms with E-state index in [0.717, 1.165) is 11.3 Å². The highest BCUT2D eigenvalue weighted by Gasteiger charge is 2.15. The number of nitrogens with one attached hydrogen (secondary N) is 1. The Kier molecular flexibility index (Phi) is 4.75. The third kappa shape index (κ3) is 3.17. The molecule has 2 aromatic rings. The number of aromatic carboxylic acids is 1. The lowest BCUT2D eigenvalue weighted by molar-refractivity contribution is 0.0703. The summed E-state index contributed by atoms with van der Waals surface area (Å²) in [6.45, 7) is 2.37. The molecule has 0 unspecified atom stereocenters. The molecule has 0 amide bonds. The minimum absolute atomic E-state index is 0.200. The molecule has 0 aliphatic carbocycles. The molecule has 0 bridgehead atoms. The number of carboxylic acids is 1. The van der Waals surface area contributed by atoms with Crippen molar-refractivity contribution in [2.75, 3.05) is 11.9 Å². The number of carboxylic acid groups (broad SMARTS) is 1. The lowest BCUT2D eigenvalue weighted by atomic mass is 10.2. The van der Waals surface area contributed by atoms with Crippen LogP contribution in [-0.2, 0) is 0 Å². The zero-order chi connectivity index (χ0) is 14.7. The van der Waals surface area contributed by atoms with Crippen molar-refractivity contribution in [2.45, 2.75) is 6.92 Å². The molecular formula is C13H11Cl2NO3S. The van der Waals surface area contributed by atoms with Crippen molar-refractivity contribution in [1.29, 1.82) is 0 Å². The molecule has 7 heteroatoms. The fraction of sp³-hybridized carbons (Fsp3) is 0.154. The summed E-state index contributed by atoms with van der Waals surface area (Å²) in [4.78, 5) is 11.3. The minimum Gasteiger partial charge on any atom is -0.494 e. The number of anilines is 2. The maximum absolute atomic E-state index is 11.1. The van der Waals surface area contributed by atoms with Crippen LogP contribution in [0.1, 0.15) is 16.6 Å². The molecule has 0 fully saturated rings. The molecule has 0 aliphatic heterocycles. The summed E-state index contributed by atoms with van der Waals surface area (Å²) >= 11 is 13.4. The molecule has 4 nitrogen and oxygen atoms in total. The van der Waals surface area contributed by atoms with E-state index in [1.54, 1.807) is 23.6 Å². The molecule has 2 rings (SSSR count). The zero-order valence-corrected chi connectivity index (χ0v) is 12.8. The summed E-state index contributed by atoms with van der Waals surface area (Å²) in [5.41, 5.74) is 0.910. The summed E-state index contributed by atoms with van der Waals surface area (Å²) in [6, 6.07) is 4.93.